The van der Waals surface area contributed by atoms with E-state index < -0.39 is 11.6 Å². The Hall–Kier alpha value is -2.73. The average Bonchev–Trinajstić information content (AvgIpc) is 2.72. The molecule has 3 heterocycles. The quantitative estimate of drug-likeness (QED) is 0.362. The molecule has 6 heteroatoms. The number of fused-ring (bicyclic) bond motifs is 1. The summed E-state index contributed by atoms with van der Waals surface area (Å²) in [5.74, 6) is 0.00462. The third-order valence-corrected chi connectivity index (χ3v) is 5.09. The highest BCUT2D eigenvalue weighted by molar-refractivity contribution is 5.87. The predicted octanol–water partition coefficient (Wildman–Crippen LogP) is 4.25. The van der Waals surface area contributed by atoms with Gasteiger partial charge in [-0.2, -0.15) is 4.39 Å². The van der Waals surface area contributed by atoms with Crippen LogP contribution in [-0.2, 0) is 0 Å². The summed E-state index contributed by atoms with van der Waals surface area (Å²) in [6.07, 6.45) is 6.25. The summed E-state index contributed by atoms with van der Waals surface area (Å²) >= 11 is 0. The van der Waals surface area contributed by atoms with Crippen molar-refractivity contribution in [2.75, 3.05) is 26.2 Å². The zero-order valence-corrected chi connectivity index (χ0v) is 15.7. The highest BCUT2D eigenvalue weighted by Gasteiger charge is 2.11. The Labute approximate surface area is 162 Å². The molecule has 1 aliphatic heterocycles. The molecule has 28 heavy (non-hydrogen) atoms. The minimum atomic E-state index is -0.531. The molecular weight excluding hydrogens is 359 g/mol. The number of ether oxygens (including phenoxy) is 1. The molecule has 146 valence electrons. The number of pyridine rings is 1. The molecule has 0 aliphatic carbocycles. The van der Waals surface area contributed by atoms with Crippen molar-refractivity contribution >= 4 is 11.0 Å². The topological polar surface area (TPSA) is 55.6 Å². The van der Waals surface area contributed by atoms with E-state index in [0.29, 0.717) is 17.9 Å². The normalized spacial score (nSPS) is 15.0. The van der Waals surface area contributed by atoms with Gasteiger partial charge in [0.1, 0.15) is 11.3 Å². The zero-order chi connectivity index (χ0) is 19.3. The van der Waals surface area contributed by atoms with Crippen LogP contribution in [0.2, 0.25) is 0 Å². The van der Waals surface area contributed by atoms with Gasteiger partial charge in [-0.05, 0) is 62.2 Å². The van der Waals surface area contributed by atoms with Gasteiger partial charge in [0, 0.05) is 18.3 Å². The number of nitrogens with zero attached hydrogens (tertiary/aromatic N) is 2. The first-order valence-electron chi connectivity index (χ1n) is 9.74. The van der Waals surface area contributed by atoms with E-state index in [2.05, 4.69) is 9.88 Å². The van der Waals surface area contributed by atoms with Gasteiger partial charge in [0.15, 0.2) is 0 Å². The number of hydrogen-bond acceptors (Lipinski definition) is 5. The molecule has 5 nitrogen and oxygen atoms in total. The van der Waals surface area contributed by atoms with Gasteiger partial charge in [-0.25, -0.2) is 9.78 Å². The van der Waals surface area contributed by atoms with Gasteiger partial charge in [0.25, 0.3) is 0 Å². The van der Waals surface area contributed by atoms with Crippen LogP contribution in [0.1, 0.15) is 25.7 Å². The van der Waals surface area contributed by atoms with Crippen LogP contribution in [0.15, 0.2) is 51.8 Å². The molecule has 1 saturated heterocycles. The van der Waals surface area contributed by atoms with Gasteiger partial charge < -0.3 is 14.1 Å². The Morgan fingerprint density at radius 1 is 1.07 bits per heavy atom. The van der Waals surface area contributed by atoms with Crippen molar-refractivity contribution in [3.05, 3.63) is 59.0 Å². The second kappa shape index (κ2) is 8.52. The summed E-state index contributed by atoms with van der Waals surface area (Å²) in [5.41, 5.74) is 1.54. The smallest absolute Gasteiger partial charge is 0.339 e. The highest BCUT2D eigenvalue weighted by Crippen LogP contribution is 2.29. The fourth-order valence-electron chi connectivity index (χ4n) is 3.63. The fraction of sp³-hybridized carbons (Fsp3) is 0.364. The number of likely N-dealkylation sites (tertiary alicyclic amines) is 1. The summed E-state index contributed by atoms with van der Waals surface area (Å²) in [7, 11) is 0. The Morgan fingerprint density at radius 2 is 1.89 bits per heavy atom. The van der Waals surface area contributed by atoms with Crippen LogP contribution < -0.4 is 10.4 Å². The van der Waals surface area contributed by atoms with Crippen molar-refractivity contribution in [2.45, 2.75) is 25.7 Å². The number of rotatable bonds is 6. The summed E-state index contributed by atoms with van der Waals surface area (Å²) in [6.45, 7) is 3.90. The predicted molar refractivity (Wildman–Crippen MR) is 106 cm³/mol. The van der Waals surface area contributed by atoms with Crippen LogP contribution in [0.4, 0.5) is 4.39 Å². The van der Waals surface area contributed by atoms with Crippen molar-refractivity contribution < 1.29 is 13.5 Å². The molecule has 1 fully saturated rings. The maximum Gasteiger partial charge on any atom is 0.339 e. The lowest BCUT2D eigenvalue weighted by atomic mass is 10.1. The molecule has 0 unspecified atom stereocenters. The van der Waals surface area contributed by atoms with Crippen LogP contribution >= 0.6 is 0 Å². The molecule has 4 rings (SSSR count). The molecule has 3 aromatic rings. The Balaban J connectivity index is 1.48. The van der Waals surface area contributed by atoms with Gasteiger partial charge >= 0.3 is 5.63 Å². The molecule has 0 radical (unpaired) electrons. The lowest BCUT2D eigenvalue weighted by Crippen LogP contribution is -2.31. The van der Waals surface area contributed by atoms with Crippen molar-refractivity contribution in [3.8, 4) is 16.9 Å². The number of aromatic nitrogens is 1. The molecule has 0 amide bonds. The molecule has 0 spiro atoms. The Bertz CT molecular complexity index is 995. The van der Waals surface area contributed by atoms with Gasteiger partial charge in [-0.3, -0.25) is 0 Å². The van der Waals surface area contributed by atoms with Crippen LogP contribution in [-0.4, -0.2) is 36.1 Å². The van der Waals surface area contributed by atoms with Crippen molar-refractivity contribution in [1.82, 2.24) is 9.88 Å². The minimum absolute atomic E-state index is 0.445. The summed E-state index contributed by atoms with van der Waals surface area (Å²) in [6, 6.07) is 9.84. The van der Waals surface area contributed by atoms with Crippen LogP contribution in [0.5, 0.6) is 5.75 Å². The van der Waals surface area contributed by atoms with E-state index in [1.165, 1.54) is 50.7 Å². The third-order valence-electron chi connectivity index (χ3n) is 5.09. The molecule has 0 N–H and O–H groups in total. The fourth-order valence-corrected chi connectivity index (χ4v) is 3.63. The van der Waals surface area contributed by atoms with E-state index in [9.17, 15) is 9.18 Å². The largest absolute Gasteiger partial charge is 0.492 e. The molecule has 2 aromatic heterocycles. The maximum atomic E-state index is 13.0. The van der Waals surface area contributed by atoms with Crippen molar-refractivity contribution in [3.63, 3.8) is 0 Å². The van der Waals surface area contributed by atoms with E-state index >= 15 is 0 Å². The standard InChI is InChI=1S/C22H23FN2O3/c23-21-8-6-17(15-24-21)16-5-7-18-19(14-22(26)28-20(18)13-16)27-12-4-11-25-9-2-1-3-10-25/h5-8,13-15H,1-4,9-12H2. The lowest BCUT2D eigenvalue weighted by Gasteiger charge is -2.26. The molecule has 0 bridgehead atoms. The Kier molecular flexibility index (Phi) is 5.67. The summed E-state index contributed by atoms with van der Waals surface area (Å²) in [5, 5.41) is 0.747. The first-order valence-corrected chi connectivity index (χ1v) is 9.74. The van der Waals surface area contributed by atoms with Crippen LogP contribution in [0.3, 0.4) is 0 Å². The second-order valence-electron chi connectivity index (χ2n) is 7.11. The number of benzene rings is 1. The molecule has 0 saturated carbocycles. The number of halogens is 1. The zero-order valence-electron chi connectivity index (χ0n) is 15.7. The van der Waals surface area contributed by atoms with Crippen LogP contribution in [0.25, 0.3) is 22.1 Å². The maximum absolute atomic E-state index is 13.0. The second-order valence-corrected chi connectivity index (χ2v) is 7.11. The first-order chi connectivity index (χ1) is 13.7. The summed E-state index contributed by atoms with van der Waals surface area (Å²) < 4.78 is 24.3. The monoisotopic (exact) mass is 382 g/mol. The number of piperidine rings is 1. The van der Waals surface area contributed by atoms with E-state index in [0.717, 1.165) is 29.5 Å². The molecule has 1 aromatic carbocycles. The van der Waals surface area contributed by atoms with E-state index in [-0.39, 0.29) is 0 Å². The molecule has 1 aliphatic rings. The average molecular weight is 382 g/mol. The molecular formula is C22H23FN2O3. The SMILES string of the molecule is O=c1cc(OCCCN2CCCCC2)c2ccc(-c3ccc(F)nc3)cc2o1. The van der Waals surface area contributed by atoms with Gasteiger partial charge in [-0.15, -0.1) is 0 Å². The van der Waals surface area contributed by atoms with E-state index in [1.54, 1.807) is 12.1 Å². The van der Waals surface area contributed by atoms with Gasteiger partial charge in [0.2, 0.25) is 5.95 Å². The van der Waals surface area contributed by atoms with Crippen molar-refractivity contribution in [2.24, 2.45) is 0 Å². The minimum Gasteiger partial charge on any atom is -0.492 e. The number of hydrogen-bond donors (Lipinski definition) is 0. The van der Waals surface area contributed by atoms with E-state index in [4.69, 9.17) is 9.15 Å². The van der Waals surface area contributed by atoms with Crippen LogP contribution in [0, 0.1) is 5.95 Å². The Morgan fingerprint density at radius 3 is 2.68 bits per heavy atom. The summed E-state index contributed by atoms with van der Waals surface area (Å²) in [4.78, 5) is 18.1. The lowest BCUT2D eigenvalue weighted by molar-refractivity contribution is 0.205. The van der Waals surface area contributed by atoms with Crippen molar-refractivity contribution in [1.29, 1.82) is 0 Å². The highest BCUT2D eigenvalue weighted by atomic mass is 19.1. The third kappa shape index (κ3) is 4.39. The first kappa shape index (κ1) is 18.6. The van der Waals surface area contributed by atoms with Gasteiger partial charge in [0.05, 0.1) is 18.1 Å². The van der Waals surface area contributed by atoms with Gasteiger partial charge in [-0.1, -0.05) is 12.5 Å². The van der Waals surface area contributed by atoms with E-state index in [1.807, 2.05) is 12.1 Å². The molecule has 0 atom stereocenters.